The van der Waals surface area contributed by atoms with Crippen molar-refractivity contribution in [1.29, 1.82) is 0 Å². The Bertz CT molecular complexity index is 1080. The maximum Gasteiger partial charge on any atom is 0.338 e. The summed E-state index contributed by atoms with van der Waals surface area (Å²) in [4.78, 5) is 44.7. The van der Waals surface area contributed by atoms with E-state index in [1.807, 2.05) is 32.6 Å². The Kier molecular flexibility index (Phi) is 9.14. The lowest BCUT2D eigenvalue weighted by Gasteiger charge is -2.43. The number of nitrogens with zero attached hydrogens (tertiary/aromatic N) is 3. The molecule has 38 heavy (non-hydrogen) atoms. The van der Waals surface area contributed by atoms with Crippen molar-refractivity contribution in [2.24, 2.45) is 0 Å². The largest absolute Gasteiger partial charge is 0.493 e. The Hall–Kier alpha value is -3.47. The van der Waals surface area contributed by atoms with Crippen LogP contribution >= 0.6 is 0 Å². The lowest BCUT2D eigenvalue weighted by molar-refractivity contribution is -0.139. The van der Waals surface area contributed by atoms with Crippen LogP contribution in [0.3, 0.4) is 0 Å². The predicted octanol–water partition coefficient (Wildman–Crippen LogP) is 2.73. The number of benzene rings is 1. The van der Waals surface area contributed by atoms with E-state index in [-0.39, 0.29) is 30.2 Å². The number of carbonyl (C=O) groups excluding carboxylic acids is 3. The summed E-state index contributed by atoms with van der Waals surface area (Å²) in [6, 6.07) is 4.03. The number of likely N-dealkylation sites (N-methyl/N-ethyl adjacent to an activating group) is 1. The number of amides is 4. The van der Waals surface area contributed by atoms with Crippen LogP contribution in [-0.2, 0) is 9.53 Å². The van der Waals surface area contributed by atoms with E-state index in [1.54, 1.807) is 32.2 Å². The molecule has 0 bridgehead atoms. The average molecular weight is 532 g/mol. The summed E-state index contributed by atoms with van der Waals surface area (Å²) in [6.07, 6.45) is 0. The van der Waals surface area contributed by atoms with Gasteiger partial charge in [-0.1, -0.05) is 12.1 Å². The van der Waals surface area contributed by atoms with Gasteiger partial charge in [0.15, 0.2) is 11.5 Å². The molecule has 11 heteroatoms. The number of ether oxygens (including phenoxy) is 3. The number of nitrogens with one attached hydrogen (secondary N) is 2. The first-order chi connectivity index (χ1) is 17.9. The zero-order valence-corrected chi connectivity index (χ0v) is 23.7. The fraction of sp³-hybridized carbons (Fsp3) is 0.593. The topological polar surface area (TPSA) is 113 Å². The summed E-state index contributed by atoms with van der Waals surface area (Å²) < 4.78 is 16.5. The smallest absolute Gasteiger partial charge is 0.338 e. The lowest BCUT2D eigenvalue weighted by atomic mass is 9.93. The van der Waals surface area contributed by atoms with Crippen LogP contribution < -0.4 is 20.1 Å². The molecule has 0 unspecified atom stereocenters. The first kappa shape index (κ1) is 29.1. The summed E-state index contributed by atoms with van der Waals surface area (Å²) in [6.45, 7) is 11.8. The van der Waals surface area contributed by atoms with E-state index in [0.717, 1.165) is 0 Å². The Balaban J connectivity index is 1.97. The van der Waals surface area contributed by atoms with Crippen LogP contribution in [0.15, 0.2) is 29.5 Å². The molecule has 4 amide bonds. The molecule has 2 atom stereocenters. The molecular weight excluding hydrogens is 490 g/mol. The zero-order chi connectivity index (χ0) is 28.2. The van der Waals surface area contributed by atoms with E-state index in [9.17, 15) is 14.4 Å². The first-order valence-corrected chi connectivity index (χ1v) is 12.9. The van der Waals surface area contributed by atoms with Gasteiger partial charge in [0.05, 0.1) is 32.4 Å². The number of methoxy groups -OCH3 is 2. The predicted molar refractivity (Wildman–Crippen MR) is 143 cm³/mol. The zero-order valence-electron chi connectivity index (χ0n) is 23.7. The number of hydrogen-bond donors (Lipinski definition) is 2. The molecule has 2 heterocycles. The Labute approximate surface area is 225 Å². The third-order valence-corrected chi connectivity index (χ3v) is 6.64. The van der Waals surface area contributed by atoms with E-state index in [2.05, 4.69) is 15.5 Å². The van der Waals surface area contributed by atoms with Gasteiger partial charge in [-0.05, 0) is 40.7 Å². The minimum Gasteiger partial charge on any atom is -0.493 e. The molecule has 0 saturated carbocycles. The van der Waals surface area contributed by atoms with Crippen LogP contribution in [0.4, 0.5) is 9.59 Å². The number of rotatable bonds is 7. The summed E-state index contributed by atoms with van der Waals surface area (Å²) in [5.41, 5.74) is 1.13. The molecule has 1 saturated heterocycles. The molecule has 0 spiro atoms. The van der Waals surface area contributed by atoms with E-state index in [4.69, 9.17) is 14.2 Å². The molecule has 210 valence electrons. The molecule has 1 fully saturated rings. The minimum atomic E-state index is -0.797. The van der Waals surface area contributed by atoms with E-state index in [0.29, 0.717) is 54.5 Å². The third kappa shape index (κ3) is 6.32. The number of para-hydroxylation sites is 1. The van der Waals surface area contributed by atoms with Crippen molar-refractivity contribution in [2.75, 3.05) is 54.1 Å². The van der Waals surface area contributed by atoms with Crippen LogP contribution in [-0.4, -0.2) is 98.4 Å². The van der Waals surface area contributed by atoms with Crippen molar-refractivity contribution in [1.82, 2.24) is 25.3 Å². The molecule has 0 aliphatic carbocycles. The van der Waals surface area contributed by atoms with Gasteiger partial charge in [0.25, 0.3) is 0 Å². The highest BCUT2D eigenvalue weighted by Gasteiger charge is 2.40. The van der Waals surface area contributed by atoms with Gasteiger partial charge in [-0.3, -0.25) is 9.80 Å². The number of piperazine rings is 1. The second kappa shape index (κ2) is 11.9. The van der Waals surface area contributed by atoms with Gasteiger partial charge < -0.3 is 29.7 Å². The molecular formula is C27H41N5O6. The highest BCUT2D eigenvalue weighted by molar-refractivity contribution is 5.95. The van der Waals surface area contributed by atoms with Crippen molar-refractivity contribution in [3.63, 3.8) is 0 Å². The second-order valence-electron chi connectivity index (χ2n) is 10.6. The molecule has 2 N–H and O–H groups in total. The van der Waals surface area contributed by atoms with Gasteiger partial charge in [0.1, 0.15) is 0 Å². The summed E-state index contributed by atoms with van der Waals surface area (Å²) >= 11 is 0. The molecule has 3 rings (SSSR count). The van der Waals surface area contributed by atoms with Gasteiger partial charge >= 0.3 is 18.0 Å². The van der Waals surface area contributed by atoms with Crippen LogP contribution in [0.25, 0.3) is 0 Å². The summed E-state index contributed by atoms with van der Waals surface area (Å²) in [5.74, 6) is 0.403. The highest BCUT2D eigenvalue weighted by atomic mass is 16.5. The van der Waals surface area contributed by atoms with Gasteiger partial charge in [-0.25, -0.2) is 14.4 Å². The standard InChI is InChI=1S/C27H41N5O6/c1-9-38-24(33)21-19(16-31-13-14-32(17(2)15-31)26(35)29-27(3,4)5)30(6)25(34)28-22(21)18-11-10-12-20(36-7)23(18)37-8/h10-12,17,22H,9,13-16H2,1-8H3,(H,28,34)(H,29,35)/t17-,22+/m0/s1. The van der Waals surface area contributed by atoms with Crippen molar-refractivity contribution in [3.05, 3.63) is 35.0 Å². The third-order valence-electron chi connectivity index (χ3n) is 6.64. The minimum absolute atomic E-state index is 0.0604. The second-order valence-corrected chi connectivity index (χ2v) is 10.6. The highest BCUT2D eigenvalue weighted by Crippen LogP contribution is 2.40. The SMILES string of the molecule is CCOC(=O)C1=C(CN2CCN(C(=O)NC(C)(C)C)[C@@H](C)C2)N(C)C(=O)N[C@@H]1c1cccc(OC)c1OC. The quantitative estimate of drug-likeness (QED) is 0.520. The lowest BCUT2D eigenvalue weighted by Crippen LogP contribution is -2.59. The molecule has 11 nitrogen and oxygen atoms in total. The van der Waals surface area contributed by atoms with Crippen LogP contribution in [0.1, 0.15) is 46.2 Å². The molecule has 1 aromatic carbocycles. The molecule has 2 aliphatic rings. The maximum atomic E-state index is 13.4. The number of hydrogen-bond acceptors (Lipinski definition) is 7. The Morgan fingerprint density at radius 3 is 2.45 bits per heavy atom. The summed E-state index contributed by atoms with van der Waals surface area (Å²) in [7, 11) is 4.69. The molecule has 1 aromatic rings. The number of esters is 1. The fourth-order valence-corrected chi connectivity index (χ4v) is 4.85. The van der Waals surface area contributed by atoms with Crippen LogP contribution in [0.5, 0.6) is 11.5 Å². The normalized spacial score (nSPS) is 20.7. The average Bonchev–Trinajstić information content (AvgIpc) is 2.85. The Morgan fingerprint density at radius 2 is 1.87 bits per heavy atom. The van der Waals surface area contributed by atoms with Gasteiger partial charge in [0, 0.05) is 56.1 Å². The molecule has 2 aliphatic heterocycles. The summed E-state index contributed by atoms with van der Waals surface area (Å²) in [5, 5.41) is 5.95. The van der Waals surface area contributed by atoms with Crippen molar-refractivity contribution < 1.29 is 28.6 Å². The molecule has 0 aromatic heterocycles. The maximum absolute atomic E-state index is 13.4. The number of urea groups is 2. The fourth-order valence-electron chi connectivity index (χ4n) is 4.85. The van der Waals surface area contributed by atoms with E-state index in [1.165, 1.54) is 19.1 Å². The van der Waals surface area contributed by atoms with Crippen molar-refractivity contribution in [2.45, 2.75) is 52.2 Å². The van der Waals surface area contributed by atoms with E-state index >= 15 is 0 Å². The van der Waals surface area contributed by atoms with Crippen molar-refractivity contribution in [3.8, 4) is 11.5 Å². The van der Waals surface area contributed by atoms with Crippen LogP contribution in [0, 0.1) is 0 Å². The van der Waals surface area contributed by atoms with Crippen LogP contribution in [0.2, 0.25) is 0 Å². The molecule has 0 radical (unpaired) electrons. The van der Waals surface area contributed by atoms with Gasteiger partial charge in [0.2, 0.25) is 0 Å². The van der Waals surface area contributed by atoms with Crippen molar-refractivity contribution >= 4 is 18.0 Å². The van der Waals surface area contributed by atoms with E-state index < -0.39 is 12.0 Å². The van der Waals surface area contributed by atoms with Gasteiger partial charge in [-0.15, -0.1) is 0 Å². The Morgan fingerprint density at radius 1 is 1.16 bits per heavy atom. The number of carbonyl (C=O) groups is 3. The monoisotopic (exact) mass is 531 g/mol. The van der Waals surface area contributed by atoms with Gasteiger partial charge in [-0.2, -0.15) is 0 Å². The first-order valence-electron chi connectivity index (χ1n) is 12.9.